The van der Waals surface area contributed by atoms with Crippen LogP contribution < -0.4 is 4.74 Å². The summed E-state index contributed by atoms with van der Waals surface area (Å²) in [7, 11) is 0. The molecule has 1 unspecified atom stereocenters. The zero-order chi connectivity index (χ0) is 16.4. The molecule has 1 fully saturated rings. The minimum Gasteiger partial charge on any atom is -0.478 e. The van der Waals surface area contributed by atoms with Gasteiger partial charge in [0.05, 0.1) is 0 Å². The molecular weight excluding hydrogens is 350 g/mol. The number of hydrogen-bond donors (Lipinski definition) is 0. The predicted molar refractivity (Wildman–Crippen MR) is 97.4 cm³/mol. The van der Waals surface area contributed by atoms with Gasteiger partial charge in [-0.25, -0.2) is 0 Å². The molecule has 1 atom stereocenters. The third-order valence-electron chi connectivity index (χ3n) is 3.68. The lowest BCUT2D eigenvalue weighted by atomic mass is 10.1. The minimum atomic E-state index is -0.924. The Morgan fingerprint density at radius 3 is 2.70 bits per heavy atom. The molecule has 0 N–H and O–H groups in total. The Hall–Kier alpha value is -1.17. The van der Waals surface area contributed by atoms with E-state index in [0.717, 1.165) is 12.3 Å². The van der Waals surface area contributed by atoms with Gasteiger partial charge in [0, 0.05) is 17.3 Å². The number of hydrogen-bond acceptors (Lipinski definition) is 4. The fourth-order valence-electron chi connectivity index (χ4n) is 2.56. The van der Waals surface area contributed by atoms with Gasteiger partial charge in [-0.15, -0.1) is 11.8 Å². The Morgan fingerprint density at radius 1 is 1.30 bits per heavy atom. The van der Waals surface area contributed by atoms with Crippen molar-refractivity contribution in [3.8, 4) is 5.75 Å². The monoisotopic (exact) mass is 367 g/mol. The first kappa shape index (κ1) is 16.7. The average Bonchev–Trinajstić information content (AvgIpc) is 3.18. The molecule has 1 aliphatic rings. The molecule has 6 heteroatoms. The number of carbonyl (C=O) groups is 1. The maximum atomic E-state index is 13.0. The van der Waals surface area contributed by atoms with E-state index in [1.807, 2.05) is 24.1 Å². The summed E-state index contributed by atoms with van der Waals surface area (Å²) < 4.78 is 5.94. The lowest BCUT2D eigenvalue weighted by molar-refractivity contribution is -0.145. The molecule has 0 aliphatic carbocycles. The summed E-state index contributed by atoms with van der Waals surface area (Å²) in [6.07, 6.45) is 0. The molecule has 1 aromatic heterocycles. The van der Waals surface area contributed by atoms with Crippen LogP contribution in [0, 0.1) is 0 Å². The molecule has 2 heterocycles. The van der Waals surface area contributed by atoms with Crippen molar-refractivity contribution in [3.05, 3.63) is 51.7 Å². The molecule has 122 valence electrons. The molecule has 2 aromatic rings. The van der Waals surface area contributed by atoms with Crippen LogP contribution in [0.1, 0.15) is 24.8 Å². The highest BCUT2D eigenvalue weighted by Gasteiger charge is 2.40. The van der Waals surface area contributed by atoms with Gasteiger partial charge < -0.3 is 9.64 Å². The third-order valence-corrected chi connectivity index (χ3v) is 5.90. The molecule has 1 aromatic carbocycles. The summed E-state index contributed by atoms with van der Waals surface area (Å²) in [6, 6.07) is 9.18. The summed E-state index contributed by atoms with van der Waals surface area (Å²) in [5.41, 5.74) is 0.264. The van der Waals surface area contributed by atoms with E-state index >= 15 is 0 Å². The van der Waals surface area contributed by atoms with Crippen LogP contribution in [0.25, 0.3) is 0 Å². The molecule has 0 bridgehead atoms. The summed E-state index contributed by atoms with van der Waals surface area (Å²) >= 11 is 9.35. The highest BCUT2D eigenvalue weighted by atomic mass is 35.5. The highest BCUT2D eigenvalue weighted by molar-refractivity contribution is 7.99. The van der Waals surface area contributed by atoms with Crippen LogP contribution in [0.5, 0.6) is 5.75 Å². The first-order valence-electron chi connectivity index (χ1n) is 7.37. The molecule has 3 rings (SSSR count). The van der Waals surface area contributed by atoms with Gasteiger partial charge in [0.2, 0.25) is 0 Å². The van der Waals surface area contributed by atoms with Crippen molar-refractivity contribution in [1.29, 1.82) is 0 Å². The molecule has 23 heavy (non-hydrogen) atoms. The van der Waals surface area contributed by atoms with E-state index in [0.29, 0.717) is 10.8 Å². The average molecular weight is 368 g/mol. The molecule has 3 nitrogen and oxygen atoms in total. The number of rotatable bonds is 4. The minimum absolute atomic E-state index is 0.00801. The summed E-state index contributed by atoms with van der Waals surface area (Å²) in [4.78, 5) is 14.9. The van der Waals surface area contributed by atoms with E-state index < -0.39 is 5.60 Å². The van der Waals surface area contributed by atoms with Crippen molar-refractivity contribution < 1.29 is 9.53 Å². The summed E-state index contributed by atoms with van der Waals surface area (Å²) in [5, 5.41) is 4.89. The van der Waals surface area contributed by atoms with Gasteiger partial charge >= 0.3 is 0 Å². The van der Waals surface area contributed by atoms with Gasteiger partial charge in [-0.05, 0) is 60.5 Å². The normalized spacial score (nSPS) is 18.2. The number of nitrogens with zero attached hydrogens (tertiary/aromatic N) is 1. The van der Waals surface area contributed by atoms with E-state index in [1.54, 1.807) is 47.4 Å². The third kappa shape index (κ3) is 3.67. The van der Waals surface area contributed by atoms with Crippen molar-refractivity contribution >= 4 is 40.6 Å². The second-order valence-electron chi connectivity index (χ2n) is 5.84. The molecule has 1 saturated heterocycles. The smallest absolute Gasteiger partial charge is 0.267 e. The van der Waals surface area contributed by atoms with Gasteiger partial charge in [-0.3, -0.25) is 4.79 Å². The van der Waals surface area contributed by atoms with Crippen molar-refractivity contribution in [2.75, 3.05) is 12.3 Å². The van der Waals surface area contributed by atoms with Gasteiger partial charge in [-0.1, -0.05) is 11.6 Å². The van der Waals surface area contributed by atoms with E-state index in [1.165, 1.54) is 5.56 Å². The maximum absolute atomic E-state index is 13.0. The van der Waals surface area contributed by atoms with Crippen molar-refractivity contribution in [2.45, 2.75) is 24.8 Å². The Kier molecular flexibility index (Phi) is 4.90. The van der Waals surface area contributed by atoms with Crippen LogP contribution >= 0.6 is 34.7 Å². The van der Waals surface area contributed by atoms with Crippen LogP contribution in [-0.4, -0.2) is 28.7 Å². The molecule has 1 amide bonds. The molecule has 0 radical (unpaired) electrons. The summed E-state index contributed by atoms with van der Waals surface area (Å²) in [5.74, 6) is 1.60. The van der Waals surface area contributed by atoms with E-state index in [2.05, 4.69) is 11.4 Å². The second-order valence-corrected chi connectivity index (χ2v) is 8.25. The van der Waals surface area contributed by atoms with Gasteiger partial charge in [0.25, 0.3) is 5.91 Å². The summed E-state index contributed by atoms with van der Waals surface area (Å²) in [6.45, 7) is 4.38. The van der Waals surface area contributed by atoms with Crippen molar-refractivity contribution in [3.63, 3.8) is 0 Å². The Bertz CT molecular complexity index is 670. The Morgan fingerprint density at radius 2 is 2.04 bits per heavy atom. The molecule has 1 aliphatic heterocycles. The van der Waals surface area contributed by atoms with Crippen molar-refractivity contribution in [2.24, 2.45) is 0 Å². The number of thiophene rings is 1. The predicted octanol–water partition coefficient (Wildman–Crippen LogP) is 4.83. The first-order chi connectivity index (χ1) is 11.0. The second kappa shape index (κ2) is 6.75. The largest absolute Gasteiger partial charge is 0.478 e. The van der Waals surface area contributed by atoms with Crippen LogP contribution in [0.2, 0.25) is 5.02 Å². The highest BCUT2D eigenvalue weighted by Crippen LogP contribution is 2.40. The lowest BCUT2D eigenvalue weighted by Crippen LogP contribution is -2.48. The molecule has 0 spiro atoms. The number of carbonyl (C=O) groups excluding carboxylic acids is 1. The Balaban J connectivity index is 1.76. The fourth-order valence-corrected chi connectivity index (χ4v) is 4.69. The molecular formula is C17H18ClNO2S2. The number of halogens is 1. The topological polar surface area (TPSA) is 29.5 Å². The van der Waals surface area contributed by atoms with Gasteiger partial charge in [0.15, 0.2) is 5.60 Å². The zero-order valence-corrected chi connectivity index (χ0v) is 15.4. The lowest BCUT2D eigenvalue weighted by Gasteiger charge is -2.32. The quantitative estimate of drug-likeness (QED) is 0.774. The number of ether oxygens (including phenoxy) is 1. The molecule has 0 saturated carbocycles. The van der Waals surface area contributed by atoms with Gasteiger partial charge in [0.1, 0.15) is 11.1 Å². The fraction of sp³-hybridized carbons (Fsp3) is 0.353. The number of amides is 1. The van der Waals surface area contributed by atoms with Crippen LogP contribution in [0.4, 0.5) is 0 Å². The van der Waals surface area contributed by atoms with Crippen LogP contribution in [0.3, 0.4) is 0 Å². The van der Waals surface area contributed by atoms with E-state index in [4.69, 9.17) is 16.3 Å². The Labute approximate surface area is 149 Å². The standard InChI is InChI=1S/C17H18ClNO2S2/c1-17(2,21-14-5-3-13(18)4-6-14)16(20)19-8-10-23-15(19)12-7-9-22-11-12/h3-7,9,11,15H,8,10H2,1-2H3. The maximum Gasteiger partial charge on any atom is 0.267 e. The van der Waals surface area contributed by atoms with E-state index in [9.17, 15) is 4.79 Å². The number of benzene rings is 1. The first-order valence-corrected chi connectivity index (χ1v) is 9.74. The van der Waals surface area contributed by atoms with Crippen LogP contribution in [-0.2, 0) is 4.79 Å². The number of thioether (sulfide) groups is 1. The van der Waals surface area contributed by atoms with Gasteiger partial charge in [-0.2, -0.15) is 11.3 Å². The van der Waals surface area contributed by atoms with Crippen molar-refractivity contribution in [1.82, 2.24) is 4.90 Å². The van der Waals surface area contributed by atoms with E-state index in [-0.39, 0.29) is 11.3 Å². The zero-order valence-electron chi connectivity index (χ0n) is 13.0. The van der Waals surface area contributed by atoms with Crippen LogP contribution in [0.15, 0.2) is 41.1 Å². The SMILES string of the molecule is CC(C)(Oc1ccc(Cl)cc1)C(=O)N1CCSC1c1ccsc1.